The fraction of sp³-hybridized carbons (Fsp3) is 0.500. The molecule has 0 aromatic carbocycles. The number of ether oxygens (including phenoxy) is 1. The first-order valence-corrected chi connectivity index (χ1v) is 5.85. The monoisotopic (exact) mass is 277 g/mol. The Hall–Kier alpha value is -1.07. The molecule has 17 heavy (non-hydrogen) atoms. The van der Waals surface area contributed by atoms with Gasteiger partial charge in [-0.15, -0.1) is 10.2 Å². The molecule has 94 valence electrons. The number of carbonyl (C=O) groups excluding carboxylic acids is 1. The van der Waals surface area contributed by atoms with Gasteiger partial charge in [-0.05, 0) is 6.92 Å². The summed E-state index contributed by atoms with van der Waals surface area (Å²) in [5.74, 6) is -0.247. The Morgan fingerprint density at radius 2 is 2.18 bits per heavy atom. The Morgan fingerprint density at radius 3 is 2.82 bits per heavy atom. The zero-order valence-corrected chi connectivity index (χ0v) is 11.1. The van der Waals surface area contributed by atoms with Crippen molar-refractivity contribution in [3.63, 3.8) is 0 Å². The molecule has 1 heterocycles. The Labute approximate surface area is 110 Å². The summed E-state index contributed by atoms with van der Waals surface area (Å²) in [6.45, 7) is 2.62. The van der Waals surface area contributed by atoms with Crippen LogP contribution in [0.5, 0.6) is 0 Å². The number of anilines is 1. The van der Waals surface area contributed by atoms with Crippen LogP contribution in [0, 0.1) is 0 Å². The van der Waals surface area contributed by atoms with Crippen molar-refractivity contribution in [2.45, 2.75) is 13.3 Å². The molecular formula is C10H13Cl2N3O2. The molecule has 0 radical (unpaired) electrons. The lowest BCUT2D eigenvalue weighted by molar-refractivity contribution is -0.142. The summed E-state index contributed by atoms with van der Waals surface area (Å²) in [5.41, 5.74) is 0.635. The second-order valence-electron chi connectivity index (χ2n) is 3.32. The van der Waals surface area contributed by atoms with Gasteiger partial charge in [0.2, 0.25) is 0 Å². The lowest BCUT2D eigenvalue weighted by Gasteiger charge is -2.19. The van der Waals surface area contributed by atoms with Crippen molar-refractivity contribution in [2.75, 3.05) is 25.1 Å². The van der Waals surface area contributed by atoms with Crippen LogP contribution < -0.4 is 4.90 Å². The molecular weight excluding hydrogens is 265 g/mol. The van der Waals surface area contributed by atoms with E-state index in [1.165, 1.54) is 0 Å². The Kier molecular flexibility index (Phi) is 5.44. The summed E-state index contributed by atoms with van der Waals surface area (Å²) >= 11 is 11.6. The van der Waals surface area contributed by atoms with Crippen molar-refractivity contribution in [3.05, 3.63) is 16.4 Å². The average Bonchev–Trinajstić information content (AvgIpc) is 2.29. The minimum absolute atomic E-state index is 0.247. The van der Waals surface area contributed by atoms with Crippen LogP contribution in [0.15, 0.2) is 6.07 Å². The van der Waals surface area contributed by atoms with Crippen LogP contribution in [0.25, 0.3) is 0 Å². The van der Waals surface area contributed by atoms with Gasteiger partial charge < -0.3 is 9.64 Å². The zero-order chi connectivity index (χ0) is 12.8. The molecule has 0 amide bonds. The van der Waals surface area contributed by atoms with E-state index in [9.17, 15) is 4.79 Å². The van der Waals surface area contributed by atoms with Crippen LogP contribution in [0.4, 0.5) is 5.69 Å². The highest BCUT2D eigenvalue weighted by molar-refractivity contribution is 6.33. The molecule has 0 saturated heterocycles. The highest BCUT2D eigenvalue weighted by Gasteiger charge is 2.11. The van der Waals surface area contributed by atoms with Gasteiger partial charge in [0.05, 0.1) is 18.7 Å². The number of aromatic nitrogens is 2. The van der Waals surface area contributed by atoms with Gasteiger partial charge >= 0.3 is 5.97 Å². The molecule has 1 aromatic heterocycles. The van der Waals surface area contributed by atoms with Crippen LogP contribution in [0.1, 0.15) is 13.3 Å². The number of esters is 1. The Morgan fingerprint density at radius 1 is 1.47 bits per heavy atom. The van der Waals surface area contributed by atoms with E-state index in [1.807, 2.05) is 0 Å². The first-order valence-electron chi connectivity index (χ1n) is 5.10. The minimum Gasteiger partial charge on any atom is -0.466 e. The summed E-state index contributed by atoms with van der Waals surface area (Å²) in [4.78, 5) is 13.0. The Balaban J connectivity index is 2.60. The van der Waals surface area contributed by atoms with E-state index in [0.717, 1.165) is 0 Å². The molecule has 0 atom stereocenters. The molecule has 1 rings (SSSR count). The van der Waals surface area contributed by atoms with Gasteiger partial charge in [0, 0.05) is 19.7 Å². The first-order chi connectivity index (χ1) is 8.04. The molecule has 0 aliphatic rings. The van der Waals surface area contributed by atoms with Crippen LogP contribution in [-0.4, -0.2) is 36.4 Å². The number of carbonyl (C=O) groups is 1. The van der Waals surface area contributed by atoms with Crippen LogP contribution >= 0.6 is 23.2 Å². The van der Waals surface area contributed by atoms with Crippen molar-refractivity contribution < 1.29 is 9.53 Å². The highest BCUT2D eigenvalue weighted by Crippen LogP contribution is 2.24. The summed E-state index contributed by atoms with van der Waals surface area (Å²) in [6, 6.07) is 1.60. The van der Waals surface area contributed by atoms with E-state index in [-0.39, 0.29) is 22.7 Å². The third-order valence-corrected chi connectivity index (χ3v) is 2.52. The van der Waals surface area contributed by atoms with Gasteiger partial charge in [-0.3, -0.25) is 4.79 Å². The van der Waals surface area contributed by atoms with Gasteiger partial charge in [0.25, 0.3) is 0 Å². The second-order valence-corrected chi connectivity index (χ2v) is 4.06. The molecule has 0 aliphatic carbocycles. The van der Waals surface area contributed by atoms with Gasteiger partial charge in [-0.1, -0.05) is 23.2 Å². The third-order valence-electron chi connectivity index (χ3n) is 2.07. The fourth-order valence-electron chi connectivity index (χ4n) is 1.22. The quantitative estimate of drug-likeness (QED) is 0.773. The van der Waals surface area contributed by atoms with E-state index in [4.69, 9.17) is 27.9 Å². The van der Waals surface area contributed by atoms with E-state index in [0.29, 0.717) is 18.8 Å². The predicted octanol–water partition coefficient (Wildman–Crippen LogP) is 2.17. The number of hydrogen-bond donors (Lipinski definition) is 0. The Bertz CT molecular complexity index is 401. The maximum Gasteiger partial charge on any atom is 0.307 e. The molecule has 0 N–H and O–H groups in total. The summed E-state index contributed by atoms with van der Waals surface area (Å²) in [7, 11) is 1.79. The SMILES string of the molecule is CCOC(=O)CCN(C)c1cc(Cl)nnc1Cl. The van der Waals surface area contributed by atoms with E-state index in [2.05, 4.69) is 10.2 Å². The number of nitrogens with zero attached hydrogens (tertiary/aromatic N) is 3. The van der Waals surface area contributed by atoms with Crippen molar-refractivity contribution in [3.8, 4) is 0 Å². The predicted molar refractivity (Wildman–Crippen MR) is 66.6 cm³/mol. The second kappa shape index (κ2) is 6.61. The van der Waals surface area contributed by atoms with Crippen molar-refractivity contribution in [1.29, 1.82) is 0 Å². The zero-order valence-electron chi connectivity index (χ0n) is 9.61. The molecule has 0 aliphatic heterocycles. The van der Waals surface area contributed by atoms with Crippen LogP contribution in [0.2, 0.25) is 10.3 Å². The largest absolute Gasteiger partial charge is 0.466 e. The van der Waals surface area contributed by atoms with Crippen molar-refractivity contribution >= 4 is 34.9 Å². The summed E-state index contributed by atoms with van der Waals surface area (Å²) in [5, 5.41) is 7.81. The lowest BCUT2D eigenvalue weighted by atomic mass is 10.3. The number of hydrogen-bond acceptors (Lipinski definition) is 5. The molecule has 0 spiro atoms. The standard InChI is InChI=1S/C10H13Cl2N3O2/c1-3-17-9(16)4-5-15(2)7-6-8(11)13-14-10(7)12/h6H,3-5H2,1-2H3. The average molecular weight is 278 g/mol. The number of halogens is 2. The van der Waals surface area contributed by atoms with E-state index in [1.54, 1.807) is 24.9 Å². The van der Waals surface area contributed by atoms with Gasteiger partial charge in [0.1, 0.15) is 0 Å². The van der Waals surface area contributed by atoms with Gasteiger partial charge in [-0.2, -0.15) is 0 Å². The highest BCUT2D eigenvalue weighted by atomic mass is 35.5. The topological polar surface area (TPSA) is 55.3 Å². The fourth-order valence-corrected chi connectivity index (χ4v) is 1.60. The minimum atomic E-state index is -0.247. The molecule has 7 heteroatoms. The first kappa shape index (κ1) is 14.0. The van der Waals surface area contributed by atoms with Crippen LogP contribution in [0.3, 0.4) is 0 Å². The van der Waals surface area contributed by atoms with E-state index < -0.39 is 0 Å². The summed E-state index contributed by atoms with van der Waals surface area (Å²) in [6.07, 6.45) is 0.278. The smallest absolute Gasteiger partial charge is 0.307 e. The lowest BCUT2D eigenvalue weighted by Crippen LogP contribution is -2.22. The maximum atomic E-state index is 11.2. The number of rotatable bonds is 5. The van der Waals surface area contributed by atoms with Gasteiger partial charge in [-0.25, -0.2) is 0 Å². The molecule has 0 bridgehead atoms. The van der Waals surface area contributed by atoms with Gasteiger partial charge in [0.15, 0.2) is 10.3 Å². The molecule has 1 aromatic rings. The van der Waals surface area contributed by atoms with Crippen molar-refractivity contribution in [1.82, 2.24) is 10.2 Å². The molecule has 5 nitrogen and oxygen atoms in total. The van der Waals surface area contributed by atoms with E-state index >= 15 is 0 Å². The third kappa shape index (κ3) is 4.36. The van der Waals surface area contributed by atoms with Crippen LogP contribution in [-0.2, 0) is 9.53 Å². The molecule has 0 fully saturated rings. The normalized spacial score (nSPS) is 10.1. The maximum absolute atomic E-state index is 11.2. The molecule has 0 unspecified atom stereocenters. The van der Waals surface area contributed by atoms with Crippen molar-refractivity contribution in [2.24, 2.45) is 0 Å². The summed E-state index contributed by atoms with van der Waals surface area (Å²) < 4.78 is 4.83. The molecule has 0 saturated carbocycles.